The van der Waals surface area contributed by atoms with Gasteiger partial charge < -0.3 is 15.0 Å². The zero-order valence-corrected chi connectivity index (χ0v) is 14.9. The fourth-order valence-electron chi connectivity index (χ4n) is 3.17. The van der Waals surface area contributed by atoms with E-state index in [4.69, 9.17) is 4.74 Å². The molecule has 0 bridgehead atoms. The third-order valence-electron chi connectivity index (χ3n) is 4.45. The highest BCUT2D eigenvalue weighted by Gasteiger charge is 2.31. The van der Waals surface area contributed by atoms with Crippen LogP contribution in [0.3, 0.4) is 0 Å². The molecule has 7 nitrogen and oxygen atoms in total. The minimum absolute atomic E-state index is 0.00341. The topological polar surface area (TPSA) is 84.4 Å². The van der Waals surface area contributed by atoms with Gasteiger partial charge in [-0.1, -0.05) is 0 Å². The lowest BCUT2D eigenvalue weighted by atomic mass is 10.0. The van der Waals surface area contributed by atoms with Crippen LogP contribution in [0.5, 0.6) is 5.88 Å². The number of carbonyl (C=O) groups is 2. The summed E-state index contributed by atoms with van der Waals surface area (Å²) < 4.78 is 5.04. The van der Waals surface area contributed by atoms with Crippen LogP contribution in [-0.4, -0.2) is 40.3 Å². The van der Waals surface area contributed by atoms with E-state index in [2.05, 4.69) is 15.3 Å². The number of ether oxygens (including phenoxy) is 1. The second kappa shape index (κ2) is 7.95. The Balaban J connectivity index is 1.78. The van der Waals surface area contributed by atoms with Gasteiger partial charge in [0.15, 0.2) is 0 Å². The molecule has 1 aliphatic rings. The van der Waals surface area contributed by atoms with Crippen molar-refractivity contribution in [3.63, 3.8) is 0 Å². The molecule has 0 aromatic carbocycles. The van der Waals surface area contributed by atoms with Crippen molar-refractivity contribution in [1.82, 2.24) is 20.2 Å². The normalized spacial score (nSPS) is 16.4. The monoisotopic (exact) mass is 354 g/mol. The Hall–Kier alpha value is -2.96. The molecule has 2 amide bonds. The Morgan fingerprint density at radius 3 is 2.85 bits per heavy atom. The maximum absolute atomic E-state index is 12.9. The molecule has 0 saturated carbocycles. The van der Waals surface area contributed by atoms with Crippen LogP contribution in [0.2, 0.25) is 0 Å². The Bertz CT molecular complexity index is 792. The third kappa shape index (κ3) is 3.99. The highest BCUT2D eigenvalue weighted by Crippen LogP contribution is 2.33. The largest absolute Gasteiger partial charge is 0.481 e. The van der Waals surface area contributed by atoms with Crippen molar-refractivity contribution in [3.8, 4) is 5.88 Å². The highest BCUT2D eigenvalue weighted by atomic mass is 16.5. The lowest BCUT2D eigenvalue weighted by Crippen LogP contribution is -2.30. The molecule has 0 spiro atoms. The van der Waals surface area contributed by atoms with Gasteiger partial charge in [-0.2, -0.15) is 0 Å². The molecule has 1 N–H and O–H groups in total. The molecule has 2 aromatic heterocycles. The van der Waals surface area contributed by atoms with Crippen molar-refractivity contribution in [3.05, 3.63) is 53.5 Å². The van der Waals surface area contributed by atoms with Gasteiger partial charge >= 0.3 is 0 Å². The molecular formula is C19H22N4O3. The van der Waals surface area contributed by atoms with Crippen LogP contribution in [-0.2, 0) is 11.3 Å². The molecule has 1 atom stereocenters. The van der Waals surface area contributed by atoms with Crippen molar-refractivity contribution in [2.75, 3.05) is 13.7 Å². The van der Waals surface area contributed by atoms with Crippen LogP contribution in [0.4, 0.5) is 0 Å². The van der Waals surface area contributed by atoms with Gasteiger partial charge in [0, 0.05) is 31.9 Å². The van der Waals surface area contributed by atoms with E-state index in [1.807, 2.05) is 17.0 Å². The maximum atomic E-state index is 12.9. The summed E-state index contributed by atoms with van der Waals surface area (Å²) in [7, 11) is 1.54. The van der Waals surface area contributed by atoms with Crippen LogP contribution >= 0.6 is 0 Å². The number of methoxy groups -OCH3 is 1. The number of likely N-dealkylation sites (tertiary alicyclic amines) is 1. The predicted molar refractivity (Wildman–Crippen MR) is 95.6 cm³/mol. The minimum Gasteiger partial charge on any atom is -0.481 e. The van der Waals surface area contributed by atoms with E-state index >= 15 is 0 Å². The summed E-state index contributed by atoms with van der Waals surface area (Å²) in [5.74, 6) is 0.348. The summed E-state index contributed by atoms with van der Waals surface area (Å²) in [5, 5.41) is 2.75. The molecule has 2 aromatic rings. The second-order valence-electron chi connectivity index (χ2n) is 6.24. The first-order valence-electron chi connectivity index (χ1n) is 8.59. The van der Waals surface area contributed by atoms with Crippen LogP contribution in [0, 0.1) is 0 Å². The summed E-state index contributed by atoms with van der Waals surface area (Å²) in [6, 6.07) is 7.32. The molecule has 26 heavy (non-hydrogen) atoms. The molecule has 0 unspecified atom stereocenters. The first-order valence-corrected chi connectivity index (χ1v) is 8.59. The smallest absolute Gasteiger partial charge is 0.255 e. The van der Waals surface area contributed by atoms with Crippen LogP contribution in [0.15, 0.2) is 36.7 Å². The number of aromatic nitrogens is 2. The molecule has 0 aliphatic carbocycles. The first kappa shape index (κ1) is 17.8. The number of hydrogen-bond donors (Lipinski definition) is 1. The molecule has 3 rings (SSSR count). The van der Waals surface area contributed by atoms with Crippen molar-refractivity contribution in [1.29, 1.82) is 0 Å². The van der Waals surface area contributed by atoms with E-state index in [0.29, 0.717) is 24.5 Å². The number of rotatable bonds is 5. The third-order valence-corrected chi connectivity index (χ3v) is 4.45. The van der Waals surface area contributed by atoms with Crippen molar-refractivity contribution >= 4 is 11.8 Å². The first-order chi connectivity index (χ1) is 12.6. The van der Waals surface area contributed by atoms with Gasteiger partial charge in [0.1, 0.15) is 0 Å². The van der Waals surface area contributed by atoms with E-state index in [-0.39, 0.29) is 17.9 Å². The van der Waals surface area contributed by atoms with E-state index in [1.165, 1.54) is 6.92 Å². The molecule has 136 valence electrons. The summed E-state index contributed by atoms with van der Waals surface area (Å²) in [5.41, 5.74) is 2.36. The number of carbonyl (C=O) groups excluding carboxylic acids is 2. The molecule has 1 saturated heterocycles. The maximum Gasteiger partial charge on any atom is 0.255 e. The Kier molecular flexibility index (Phi) is 5.46. The summed E-state index contributed by atoms with van der Waals surface area (Å²) in [4.78, 5) is 34.3. The number of nitrogens with one attached hydrogen (secondary N) is 1. The van der Waals surface area contributed by atoms with Gasteiger partial charge in [0.2, 0.25) is 11.8 Å². The number of pyridine rings is 2. The summed E-state index contributed by atoms with van der Waals surface area (Å²) in [6.07, 6.45) is 5.12. The molecule has 7 heteroatoms. The van der Waals surface area contributed by atoms with Gasteiger partial charge in [0.25, 0.3) is 5.91 Å². The summed E-state index contributed by atoms with van der Waals surface area (Å²) >= 11 is 0. The molecule has 3 heterocycles. The zero-order valence-electron chi connectivity index (χ0n) is 14.9. The predicted octanol–water partition coefficient (Wildman–Crippen LogP) is 2.10. The van der Waals surface area contributed by atoms with Crippen molar-refractivity contribution < 1.29 is 14.3 Å². The molecule has 1 fully saturated rings. The Morgan fingerprint density at radius 2 is 2.15 bits per heavy atom. The number of amides is 2. The van der Waals surface area contributed by atoms with Crippen molar-refractivity contribution in [2.45, 2.75) is 32.4 Å². The van der Waals surface area contributed by atoms with Crippen LogP contribution in [0.1, 0.15) is 47.4 Å². The lowest BCUT2D eigenvalue weighted by molar-refractivity contribution is -0.119. The lowest BCUT2D eigenvalue weighted by Gasteiger charge is -2.25. The Morgan fingerprint density at radius 1 is 1.31 bits per heavy atom. The van der Waals surface area contributed by atoms with Gasteiger partial charge in [-0.05, 0) is 36.6 Å². The van der Waals surface area contributed by atoms with Gasteiger partial charge in [-0.3, -0.25) is 14.6 Å². The van der Waals surface area contributed by atoms with Gasteiger partial charge in [-0.25, -0.2) is 4.98 Å². The average molecular weight is 354 g/mol. The van der Waals surface area contributed by atoms with E-state index in [0.717, 1.165) is 24.1 Å². The Labute approximate surface area is 152 Å². The minimum atomic E-state index is -0.0955. The summed E-state index contributed by atoms with van der Waals surface area (Å²) in [6.45, 7) is 2.56. The number of nitrogens with zero attached hydrogens (tertiary/aromatic N) is 3. The molecule has 0 radical (unpaired) electrons. The highest BCUT2D eigenvalue weighted by molar-refractivity contribution is 5.94. The van der Waals surface area contributed by atoms with Gasteiger partial charge in [0.05, 0.1) is 31.0 Å². The van der Waals surface area contributed by atoms with Crippen LogP contribution in [0.25, 0.3) is 0 Å². The average Bonchev–Trinajstić information content (AvgIpc) is 3.16. The van der Waals surface area contributed by atoms with Gasteiger partial charge in [-0.15, -0.1) is 0 Å². The number of hydrogen-bond acceptors (Lipinski definition) is 5. The van der Waals surface area contributed by atoms with Crippen LogP contribution < -0.4 is 10.1 Å². The van der Waals surface area contributed by atoms with Crippen molar-refractivity contribution in [2.24, 2.45) is 0 Å². The van der Waals surface area contributed by atoms with E-state index < -0.39 is 0 Å². The molecule has 1 aliphatic heterocycles. The second-order valence-corrected chi connectivity index (χ2v) is 6.24. The quantitative estimate of drug-likeness (QED) is 0.889. The van der Waals surface area contributed by atoms with E-state index in [1.54, 1.807) is 31.6 Å². The van der Waals surface area contributed by atoms with E-state index in [9.17, 15) is 9.59 Å². The SMILES string of the molecule is COc1ccc(C(=O)N2CCC[C@@H]2c2ccnc(CNC(C)=O)c2)cn1. The molecular weight excluding hydrogens is 332 g/mol. The fourth-order valence-corrected chi connectivity index (χ4v) is 3.17. The zero-order chi connectivity index (χ0) is 18.5. The standard InChI is InChI=1S/C19H22N4O3/c1-13(24)21-12-16-10-14(7-8-20-16)17-4-3-9-23(17)19(25)15-5-6-18(26-2)22-11-15/h5-8,10-11,17H,3-4,9,12H2,1-2H3,(H,21,24)/t17-/m1/s1. The fraction of sp³-hybridized carbons (Fsp3) is 0.368.